The van der Waals surface area contributed by atoms with E-state index in [1.54, 1.807) is 30.3 Å². The van der Waals surface area contributed by atoms with E-state index in [-0.39, 0.29) is 23.8 Å². The third-order valence-electron chi connectivity index (χ3n) is 3.39. The van der Waals surface area contributed by atoms with Crippen LogP contribution in [-0.2, 0) is 6.54 Å². The number of hydrogen-bond donors (Lipinski definition) is 2. The second-order valence-corrected chi connectivity index (χ2v) is 5.84. The van der Waals surface area contributed by atoms with Gasteiger partial charge >= 0.3 is 0 Å². The number of anilines is 1. The molecule has 0 bridgehead atoms. The highest BCUT2D eigenvalue weighted by molar-refractivity contribution is 6.43. The van der Waals surface area contributed by atoms with Crippen LogP contribution in [0.25, 0.3) is 11.3 Å². The molecule has 5 nitrogen and oxygen atoms in total. The van der Waals surface area contributed by atoms with Gasteiger partial charge in [0.1, 0.15) is 11.5 Å². The van der Waals surface area contributed by atoms with E-state index in [9.17, 15) is 4.39 Å². The first kappa shape index (κ1) is 16.4. The largest absolute Gasteiger partial charge is 0.382 e. The average Bonchev–Trinajstić information content (AvgIpc) is 2.55. The van der Waals surface area contributed by atoms with Gasteiger partial charge in [0.15, 0.2) is 5.82 Å². The Hall–Kier alpha value is -2.44. The van der Waals surface area contributed by atoms with Gasteiger partial charge < -0.3 is 5.73 Å². The molecule has 0 atom stereocenters. The fraction of sp³-hybridized carbons (Fsp3) is 0.0625. The molecule has 0 spiro atoms. The second-order valence-electron chi connectivity index (χ2n) is 5.05. The summed E-state index contributed by atoms with van der Waals surface area (Å²) in [7, 11) is 0. The molecule has 122 valence electrons. The molecule has 0 saturated heterocycles. The zero-order valence-corrected chi connectivity index (χ0v) is 13.8. The number of nitrogens with zero attached hydrogens (tertiary/aromatic N) is 3. The monoisotopic (exact) mass is 363 g/mol. The van der Waals surface area contributed by atoms with Crippen molar-refractivity contribution in [3.8, 4) is 11.3 Å². The average molecular weight is 364 g/mol. The lowest BCUT2D eigenvalue weighted by Gasteiger charge is -2.11. The van der Waals surface area contributed by atoms with Gasteiger partial charge in [0.25, 0.3) is 0 Å². The van der Waals surface area contributed by atoms with Crippen LogP contribution in [0.5, 0.6) is 0 Å². The minimum atomic E-state index is -0.329. The van der Waals surface area contributed by atoms with Gasteiger partial charge in [-0.1, -0.05) is 47.5 Å². The van der Waals surface area contributed by atoms with Crippen LogP contribution in [0.15, 0.2) is 42.5 Å². The van der Waals surface area contributed by atoms with Gasteiger partial charge in [-0.05, 0) is 23.8 Å². The summed E-state index contributed by atoms with van der Waals surface area (Å²) in [5.41, 5.74) is 7.42. The quantitative estimate of drug-likeness (QED) is 0.747. The van der Waals surface area contributed by atoms with Gasteiger partial charge in [-0.25, -0.2) is 9.07 Å². The van der Waals surface area contributed by atoms with E-state index >= 15 is 0 Å². The zero-order valence-electron chi connectivity index (χ0n) is 12.3. The normalized spacial score (nSPS) is 10.8. The molecule has 8 heteroatoms. The summed E-state index contributed by atoms with van der Waals surface area (Å²) in [5.74, 6) is -0.246. The van der Waals surface area contributed by atoms with Crippen molar-refractivity contribution in [3.63, 3.8) is 0 Å². The fourth-order valence-electron chi connectivity index (χ4n) is 2.20. The Labute approximate surface area is 147 Å². The fourth-order valence-corrected chi connectivity index (χ4v) is 2.59. The smallest absolute Gasteiger partial charge is 0.241 e. The van der Waals surface area contributed by atoms with Crippen molar-refractivity contribution in [2.24, 2.45) is 0 Å². The van der Waals surface area contributed by atoms with Crippen LogP contribution in [0.1, 0.15) is 5.56 Å². The van der Waals surface area contributed by atoms with E-state index in [0.717, 1.165) is 5.56 Å². The van der Waals surface area contributed by atoms with Crippen molar-refractivity contribution in [3.05, 3.63) is 69.5 Å². The lowest BCUT2D eigenvalue weighted by molar-refractivity contribution is 0.593. The van der Waals surface area contributed by atoms with E-state index in [1.807, 2.05) is 0 Å². The predicted octanol–water partition coefficient (Wildman–Crippen LogP) is 3.50. The van der Waals surface area contributed by atoms with Crippen molar-refractivity contribution in [2.45, 2.75) is 6.54 Å². The van der Waals surface area contributed by atoms with Crippen LogP contribution in [0, 0.1) is 11.2 Å². The first-order chi connectivity index (χ1) is 11.5. The first-order valence-electron chi connectivity index (χ1n) is 6.94. The molecular formula is C16H12Cl2FN5. The van der Waals surface area contributed by atoms with Crippen LogP contribution in [0.3, 0.4) is 0 Å². The number of nitrogens with one attached hydrogen (secondary N) is 1. The van der Waals surface area contributed by atoms with E-state index in [1.165, 1.54) is 16.8 Å². The van der Waals surface area contributed by atoms with E-state index in [2.05, 4.69) is 10.1 Å². The van der Waals surface area contributed by atoms with Crippen LogP contribution in [-0.4, -0.2) is 14.8 Å². The first-order valence-corrected chi connectivity index (χ1v) is 7.69. The van der Waals surface area contributed by atoms with Gasteiger partial charge in [0.05, 0.1) is 16.6 Å². The molecule has 1 heterocycles. The number of hydrogen-bond acceptors (Lipinski definition) is 4. The van der Waals surface area contributed by atoms with E-state index in [0.29, 0.717) is 21.3 Å². The summed E-state index contributed by atoms with van der Waals surface area (Å²) in [6.45, 7) is 0.248. The van der Waals surface area contributed by atoms with Crippen LogP contribution in [0.2, 0.25) is 10.0 Å². The number of nitrogen functional groups attached to an aromatic ring is 1. The van der Waals surface area contributed by atoms with Crippen LogP contribution < -0.4 is 11.4 Å². The molecule has 3 N–H and O–H groups in total. The number of nitrogens with two attached hydrogens (primary N) is 1. The van der Waals surface area contributed by atoms with Crippen molar-refractivity contribution >= 4 is 29.0 Å². The molecular weight excluding hydrogens is 352 g/mol. The summed E-state index contributed by atoms with van der Waals surface area (Å²) >= 11 is 12.2. The number of aromatic nitrogens is 3. The third-order valence-corrected chi connectivity index (χ3v) is 4.21. The van der Waals surface area contributed by atoms with Crippen molar-refractivity contribution in [2.75, 3.05) is 5.73 Å². The highest BCUT2D eigenvalue weighted by atomic mass is 35.5. The van der Waals surface area contributed by atoms with Gasteiger partial charge in [-0.2, -0.15) is 10.1 Å². The molecule has 0 saturated carbocycles. The summed E-state index contributed by atoms with van der Waals surface area (Å²) in [4.78, 5) is 4.00. The Morgan fingerprint density at radius 2 is 1.83 bits per heavy atom. The SMILES string of the molecule is N=c1nc(N)c(-c2cccc(Cl)c2Cl)nn1Cc1ccc(F)cc1. The van der Waals surface area contributed by atoms with Gasteiger partial charge in [0, 0.05) is 5.56 Å². The molecule has 0 radical (unpaired) electrons. The Bertz CT molecular complexity index is 954. The molecule has 24 heavy (non-hydrogen) atoms. The topological polar surface area (TPSA) is 80.6 Å². The summed E-state index contributed by atoms with van der Waals surface area (Å²) in [6, 6.07) is 11.0. The summed E-state index contributed by atoms with van der Waals surface area (Å²) in [6.07, 6.45) is 0. The maximum atomic E-state index is 13.0. The Balaban J connectivity index is 2.07. The van der Waals surface area contributed by atoms with Gasteiger partial charge in [-0.15, -0.1) is 0 Å². The molecule has 0 aliphatic carbocycles. The maximum Gasteiger partial charge on any atom is 0.241 e. The molecule has 3 rings (SSSR count). The Morgan fingerprint density at radius 3 is 2.54 bits per heavy atom. The molecule has 0 amide bonds. The van der Waals surface area contributed by atoms with Crippen molar-refractivity contribution in [1.29, 1.82) is 5.41 Å². The highest BCUT2D eigenvalue weighted by Gasteiger charge is 2.14. The van der Waals surface area contributed by atoms with E-state index < -0.39 is 0 Å². The molecule has 0 aliphatic rings. The van der Waals surface area contributed by atoms with Crippen LogP contribution >= 0.6 is 23.2 Å². The summed E-state index contributed by atoms with van der Waals surface area (Å²) in [5, 5.41) is 13.0. The lowest BCUT2D eigenvalue weighted by Crippen LogP contribution is -2.28. The van der Waals surface area contributed by atoms with Crippen molar-refractivity contribution < 1.29 is 4.39 Å². The molecule has 1 aromatic heterocycles. The van der Waals surface area contributed by atoms with Crippen LogP contribution in [0.4, 0.5) is 10.2 Å². The Morgan fingerprint density at radius 1 is 1.12 bits per heavy atom. The molecule has 3 aromatic rings. The number of benzene rings is 2. The molecule has 0 aliphatic heterocycles. The highest BCUT2D eigenvalue weighted by Crippen LogP contribution is 2.33. The van der Waals surface area contributed by atoms with Gasteiger partial charge in [-0.3, -0.25) is 5.41 Å². The lowest BCUT2D eigenvalue weighted by atomic mass is 10.1. The zero-order chi connectivity index (χ0) is 17.3. The summed E-state index contributed by atoms with van der Waals surface area (Å²) < 4.78 is 14.4. The molecule has 0 unspecified atom stereocenters. The van der Waals surface area contributed by atoms with Gasteiger partial charge in [0.2, 0.25) is 5.62 Å². The number of rotatable bonds is 3. The third kappa shape index (κ3) is 3.25. The predicted molar refractivity (Wildman–Crippen MR) is 91.2 cm³/mol. The minimum Gasteiger partial charge on any atom is -0.382 e. The standard InChI is InChI=1S/C16H12Cl2FN5/c17-12-3-1-2-11(13(12)18)14-15(20)22-16(21)24(23-14)8-9-4-6-10(19)7-5-9/h1-7H,8H2,(H3,20,21,22). The van der Waals surface area contributed by atoms with Crippen molar-refractivity contribution in [1.82, 2.24) is 14.8 Å². The Kier molecular flexibility index (Phi) is 4.51. The maximum absolute atomic E-state index is 13.0. The molecule has 2 aromatic carbocycles. The second kappa shape index (κ2) is 6.59. The minimum absolute atomic E-state index is 0.0829. The molecule has 0 fully saturated rings. The number of halogens is 3. The van der Waals surface area contributed by atoms with E-state index in [4.69, 9.17) is 34.3 Å².